The second-order valence-corrected chi connectivity index (χ2v) is 3.30. The highest BCUT2D eigenvalue weighted by Gasteiger charge is 2.20. The lowest BCUT2D eigenvalue weighted by Gasteiger charge is -2.25. The summed E-state index contributed by atoms with van der Waals surface area (Å²) < 4.78 is 5.17. The Kier molecular flexibility index (Phi) is 3.48. The maximum atomic E-state index is 11.3. The SMILES string of the molecule is CCC(C)=CC(=O)CC1CCO1. The van der Waals surface area contributed by atoms with Crippen LogP contribution in [0, 0.1) is 0 Å². The summed E-state index contributed by atoms with van der Waals surface area (Å²) in [5, 5.41) is 0. The first-order valence-electron chi connectivity index (χ1n) is 4.54. The third-order valence-electron chi connectivity index (χ3n) is 2.19. The first-order chi connectivity index (χ1) is 5.72. The van der Waals surface area contributed by atoms with Crippen LogP contribution < -0.4 is 0 Å². The van der Waals surface area contributed by atoms with Gasteiger partial charge in [-0.15, -0.1) is 0 Å². The van der Waals surface area contributed by atoms with Crippen molar-refractivity contribution in [2.45, 2.75) is 39.2 Å². The topological polar surface area (TPSA) is 26.3 Å². The summed E-state index contributed by atoms with van der Waals surface area (Å²) in [5.41, 5.74) is 1.15. The molecule has 0 saturated carbocycles. The van der Waals surface area contributed by atoms with Crippen LogP contribution in [0.15, 0.2) is 11.6 Å². The second-order valence-electron chi connectivity index (χ2n) is 3.30. The largest absolute Gasteiger partial charge is 0.378 e. The van der Waals surface area contributed by atoms with Gasteiger partial charge in [0.25, 0.3) is 0 Å². The molecule has 1 aliphatic rings. The Balaban J connectivity index is 2.27. The summed E-state index contributed by atoms with van der Waals surface area (Å²) in [7, 11) is 0. The van der Waals surface area contributed by atoms with Crippen LogP contribution >= 0.6 is 0 Å². The van der Waals surface area contributed by atoms with Gasteiger partial charge in [-0.1, -0.05) is 12.5 Å². The van der Waals surface area contributed by atoms with Gasteiger partial charge in [0.1, 0.15) is 0 Å². The molecule has 0 radical (unpaired) electrons. The molecule has 1 atom stereocenters. The van der Waals surface area contributed by atoms with E-state index < -0.39 is 0 Å². The van der Waals surface area contributed by atoms with Crippen molar-refractivity contribution in [2.24, 2.45) is 0 Å². The summed E-state index contributed by atoms with van der Waals surface area (Å²) in [5.74, 6) is 0.207. The van der Waals surface area contributed by atoms with E-state index in [2.05, 4.69) is 6.92 Å². The van der Waals surface area contributed by atoms with Crippen LogP contribution in [0.3, 0.4) is 0 Å². The minimum absolute atomic E-state index is 0.207. The maximum Gasteiger partial charge on any atom is 0.158 e. The van der Waals surface area contributed by atoms with E-state index in [0.29, 0.717) is 6.42 Å². The Morgan fingerprint density at radius 2 is 2.33 bits per heavy atom. The Labute approximate surface area is 73.6 Å². The third-order valence-corrected chi connectivity index (χ3v) is 2.19. The number of ketones is 1. The fourth-order valence-electron chi connectivity index (χ4n) is 1.11. The fraction of sp³-hybridized carbons (Fsp3) is 0.700. The lowest BCUT2D eigenvalue weighted by molar-refractivity contribution is -0.122. The molecule has 1 aliphatic heterocycles. The first kappa shape index (κ1) is 9.46. The number of ether oxygens (including phenoxy) is 1. The average molecular weight is 168 g/mol. The summed E-state index contributed by atoms with van der Waals surface area (Å²) in [6.45, 7) is 4.87. The molecule has 1 unspecified atom stereocenters. The molecule has 0 aromatic carbocycles. The van der Waals surface area contributed by atoms with E-state index in [1.54, 1.807) is 6.08 Å². The highest BCUT2D eigenvalue weighted by Crippen LogP contribution is 2.15. The molecule has 0 aromatic rings. The molecule has 1 saturated heterocycles. The van der Waals surface area contributed by atoms with E-state index in [4.69, 9.17) is 4.74 Å². The molecule has 0 aromatic heterocycles. The molecule has 0 amide bonds. The van der Waals surface area contributed by atoms with Crippen molar-refractivity contribution in [3.05, 3.63) is 11.6 Å². The monoisotopic (exact) mass is 168 g/mol. The van der Waals surface area contributed by atoms with Crippen molar-refractivity contribution in [1.82, 2.24) is 0 Å². The molecular weight excluding hydrogens is 152 g/mol. The lowest BCUT2D eigenvalue weighted by atomic mass is 10.0. The maximum absolute atomic E-state index is 11.3. The standard InChI is InChI=1S/C10H16O2/c1-3-8(2)6-9(11)7-10-4-5-12-10/h6,10H,3-5,7H2,1-2H3. The number of carbonyl (C=O) groups excluding carboxylic acids is 1. The number of allylic oxidation sites excluding steroid dienone is 2. The third kappa shape index (κ3) is 2.78. The zero-order valence-corrected chi connectivity index (χ0v) is 7.80. The molecule has 0 aliphatic carbocycles. The Bertz CT molecular complexity index is 190. The zero-order valence-electron chi connectivity index (χ0n) is 7.80. The van der Waals surface area contributed by atoms with E-state index in [9.17, 15) is 4.79 Å². The predicted molar refractivity (Wildman–Crippen MR) is 48.0 cm³/mol. The van der Waals surface area contributed by atoms with Gasteiger partial charge in [0.2, 0.25) is 0 Å². The van der Waals surface area contributed by atoms with E-state index >= 15 is 0 Å². The second kappa shape index (κ2) is 4.41. The number of hydrogen-bond acceptors (Lipinski definition) is 2. The van der Waals surface area contributed by atoms with Gasteiger partial charge in [-0.05, 0) is 25.8 Å². The van der Waals surface area contributed by atoms with Crippen molar-refractivity contribution in [1.29, 1.82) is 0 Å². The summed E-state index contributed by atoms with van der Waals surface area (Å²) in [4.78, 5) is 11.3. The van der Waals surface area contributed by atoms with Gasteiger partial charge < -0.3 is 4.74 Å². The smallest absolute Gasteiger partial charge is 0.158 e. The molecule has 2 heteroatoms. The van der Waals surface area contributed by atoms with Crippen molar-refractivity contribution in [3.8, 4) is 0 Å². The van der Waals surface area contributed by atoms with Crippen LogP contribution in [0.2, 0.25) is 0 Å². The highest BCUT2D eigenvalue weighted by atomic mass is 16.5. The summed E-state index contributed by atoms with van der Waals surface area (Å²) in [6.07, 6.45) is 4.51. The van der Waals surface area contributed by atoms with Gasteiger partial charge in [0.15, 0.2) is 5.78 Å². The molecule has 1 heterocycles. The van der Waals surface area contributed by atoms with E-state index in [1.165, 1.54) is 0 Å². The van der Waals surface area contributed by atoms with Crippen LogP contribution in [0.25, 0.3) is 0 Å². The van der Waals surface area contributed by atoms with Crippen LogP contribution in [0.5, 0.6) is 0 Å². The molecule has 0 N–H and O–H groups in total. The van der Waals surface area contributed by atoms with Crippen LogP contribution in [0.4, 0.5) is 0 Å². The molecule has 0 bridgehead atoms. The van der Waals surface area contributed by atoms with Crippen molar-refractivity contribution < 1.29 is 9.53 Å². The Hall–Kier alpha value is -0.630. The molecule has 1 rings (SSSR count). The van der Waals surface area contributed by atoms with Crippen molar-refractivity contribution >= 4 is 5.78 Å². The van der Waals surface area contributed by atoms with Gasteiger partial charge in [0.05, 0.1) is 6.10 Å². The Morgan fingerprint density at radius 1 is 1.67 bits per heavy atom. The van der Waals surface area contributed by atoms with Gasteiger partial charge in [-0.2, -0.15) is 0 Å². The number of hydrogen-bond donors (Lipinski definition) is 0. The minimum Gasteiger partial charge on any atom is -0.378 e. The minimum atomic E-state index is 0.207. The molecule has 68 valence electrons. The molecule has 0 spiro atoms. The highest BCUT2D eigenvalue weighted by molar-refractivity contribution is 5.90. The summed E-state index contributed by atoms with van der Waals surface area (Å²) in [6, 6.07) is 0. The fourth-order valence-corrected chi connectivity index (χ4v) is 1.11. The van der Waals surface area contributed by atoms with Gasteiger partial charge in [-0.25, -0.2) is 0 Å². The van der Waals surface area contributed by atoms with Crippen LogP contribution in [-0.4, -0.2) is 18.5 Å². The van der Waals surface area contributed by atoms with Gasteiger partial charge in [0, 0.05) is 13.0 Å². The first-order valence-corrected chi connectivity index (χ1v) is 4.54. The predicted octanol–water partition coefficient (Wildman–Crippen LogP) is 2.09. The summed E-state index contributed by atoms with van der Waals surface area (Å²) >= 11 is 0. The molecule has 12 heavy (non-hydrogen) atoms. The molecular formula is C10H16O2. The molecule has 2 nitrogen and oxygen atoms in total. The van der Waals surface area contributed by atoms with Crippen LogP contribution in [0.1, 0.15) is 33.1 Å². The van der Waals surface area contributed by atoms with Crippen LogP contribution in [-0.2, 0) is 9.53 Å². The van der Waals surface area contributed by atoms with E-state index in [-0.39, 0.29) is 11.9 Å². The van der Waals surface area contributed by atoms with Crippen molar-refractivity contribution in [3.63, 3.8) is 0 Å². The van der Waals surface area contributed by atoms with Gasteiger partial charge >= 0.3 is 0 Å². The van der Waals surface area contributed by atoms with Crippen molar-refractivity contribution in [2.75, 3.05) is 6.61 Å². The lowest BCUT2D eigenvalue weighted by Crippen LogP contribution is -2.28. The van der Waals surface area contributed by atoms with Gasteiger partial charge in [-0.3, -0.25) is 4.79 Å². The zero-order chi connectivity index (χ0) is 8.97. The average Bonchev–Trinajstić information content (AvgIpc) is 1.97. The number of carbonyl (C=O) groups is 1. The molecule has 1 fully saturated rings. The number of rotatable bonds is 4. The van der Waals surface area contributed by atoms with E-state index in [1.807, 2.05) is 6.92 Å². The Morgan fingerprint density at radius 3 is 2.75 bits per heavy atom. The van der Waals surface area contributed by atoms with E-state index in [0.717, 1.165) is 25.0 Å². The quantitative estimate of drug-likeness (QED) is 0.601. The normalized spacial score (nSPS) is 23.5.